The smallest absolute Gasteiger partial charge is 0.338 e. The maximum Gasteiger partial charge on any atom is 0.338 e. The topological polar surface area (TPSA) is 146 Å². The normalized spacial score (nSPS) is 14.6. The summed E-state index contributed by atoms with van der Waals surface area (Å²) in [5, 5.41) is 0. The molecule has 15 heteroatoms. The SMILES string of the molecule is O=C(OCCOCCOCCOCCOCCOCCOCCOCCOCCOCCOCCOCCOC1CCCCO1)c1ccccc1. The average molecular weight is 735 g/mol. The molecule has 15 nitrogen and oxygen atoms in total. The van der Waals surface area contributed by atoms with E-state index in [1.807, 2.05) is 6.07 Å². The van der Waals surface area contributed by atoms with Crippen LogP contribution in [0.2, 0.25) is 0 Å². The van der Waals surface area contributed by atoms with Crippen LogP contribution in [0.1, 0.15) is 29.6 Å². The lowest BCUT2D eigenvalue weighted by Crippen LogP contribution is -2.24. The van der Waals surface area contributed by atoms with Gasteiger partial charge in [-0.1, -0.05) is 18.2 Å². The molecule has 1 unspecified atom stereocenters. The minimum absolute atomic E-state index is 0.0705. The minimum Gasteiger partial charge on any atom is -0.460 e. The van der Waals surface area contributed by atoms with Crippen molar-refractivity contribution in [2.75, 3.05) is 165 Å². The Morgan fingerprint density at radius 2 is 0.784 bits per heavy atom. The molecule has 296 valence electrons. The molecule has 0 aliphatic carbocycles. The van der Waals surface area contributed by atoms with Crippen LogP contribution in [0.3, 0.4) is 0 Å². The second-order valence-corrected chi connectivity index (χ2v) is 10.9. The van der Waals surface area contributed by atoms with Gasteiger partial charge in [0.05, 0.1) is 158 Å². The van der Waals surface area contributed by atoms with E-state index in [4.69, 9.17) is 66.3 Å². The molecule has 1 aliphatic rings. The zero-order chi connectivity index (χ0) is 36.0. The van der Waals surface area contributed by atoms with Crippen molar-refractivity contribution in [1.29, 1.82) is 0 Å². The van der Waals surface area contributed by atoms with E-state index in [2.05, 4.69) is 0 Å². The maximum absolute atomic E-state index is 11.8. The molecule has 1 heterocycles. The average Bonchev–Trinajstić information content (AvgIpc) is 3.16. The van der Waals surface area contributed by atoms with Crippen LogP contribution in [0.15, 0.2) is 30.3 Å². The first kappa shape index (κ1) is 45.3. The molecule has 0 amide bonds. The molecule has 2 rings (SSSR count). The van der Waals surface area contributed by atoms with Gasteiger partial charge in [0.1, 0.15) is 6.61 Å². The third kappa shape index (κ3) is 30.3. The molecule has 0 bridgehead atoms. The molecule has 1 fully saturated rings. The molecular formula is C36H62O15. The summed E-state index contributed by atoms with van der Waals surface area (Å²) in [5.41, 5.74) is 0.525. The predicted octanol–water partition coefficient (Wildman–Crippen LogP) is 2.57. The molecule has 0 radical (unpaired) electrons. The number of carbonyl (C=O) groups is 1. The van der Waals surface area contributed by atoms with Crippen LogP contribution in [0.25, 0.3) is 0 Å². The van der Waals surface area contributed by atoms with Crippen molar-refractivity contribution < 1.29 is 71.1 Å². The van der Waals surface area contributed by atoms with Crippen molar-refractivity contribution in [1.82, 2.24) is 0 Å². The van der Waals surface area contributed by atoms with Crippen LogP contribution in [0, 0.1) is 0 Å². The summed E-state index contributed by atoms with van der Waals surface area (Å²) in [6, 6.07) is 8.85. The number of hydrogen-bond acceptors (Lipinski definition) is 15. The molecule has 1 atom stereocenters. The molecule has 1 aliphatic heterocycles. The first-order valence-corrected chi connectivity index (χ1v) is 18.2. The molecule has 1 saturated heterocycles. The second kappa shape index (κ2) is 36.5. The summed E-state index contributed by atoms with van der Waals surface area (Å²) < 4.78 is 76.4. The van der Waals surface area contributed by atoms with Crippen molar-refractivity contribution in [3.63, 3.8) is 0 Å². The van der Waals surface area contributed by atoms with Crippen LogP contribution in [0.5, 0.6) is 0 Å². The first-order chi connectivity index (χ1) is 25.4. The molecule has 1 aromatic rings. The summed E-state index contributed by atoms with van der Waals surface area (Å²) in [6.07, 6.45) is 3.18. The monoisotopic (exact) mass is 734 g/mol. The Bertz CT molecular complexity index is 860. The van der Waals surface area contributed by atoms with E-state index < -0.39 is 0 Å². The van der Waals surface area contributed by atoms with Crippen LogP contribution < -0.4 is 0 Å². The van der Waals surface area contributed by atoms with E-state index in [0.717, 1.165) is 25.9 Å². The van der Waals surface area contributed by atoms with Gasteiger partial charge in [0.15, 0.2) is 6.29 Å². The summed E-state index contributed by atoms with van der Waals surface area (Å²) in [7, 11) is 0. The fourth-order valence-electron chi connectivity index (χ4n) is 4.23. The van der Waals surface area contributed by atoms with E-state index in [-0.39, 0.29) is 18.9 Å². The van der Waals surface area contributed by atoms with Gasteiger partial charge in [0, 0.05) is 6.61 Å². The maximum atomic E-state index is 11.8. The molecule has 0 spiro atoms. The molecular weight excluding hydrogens is 672 g/mol. The highest BCUT2D eigenvalue weighted by molar-refractivity contribution is 5.89. The van der Waals surface area contributed by atoms with Crippen molar-refractivity contribution >= 4 is 5.97 Å². The van der Waals surface area contributed by atoms with Gasteiger partial charge >= 0.3 is 5.97 Å². The number of hydrogen-bond donors (Lipinski definition) is 0. The highest BCUT2D eigenvalue weighted by Crippen LogP contribution is 2.13. The molecule has 0 saturated carbocycles. The highest BCUT2D eigenvalue weighted by atomic mass is 16.7. The van der Waals surface area contributed by atoms with Gasteiger partial charge in [0.2, 0.25) is 0 Å². The third-order valence-corrected chi connectivity index (χ3v) is 6.86. The lowest BCUT2D eigenvalue weighted by molar-refractivity contribution is -0.169. The molecule has 1 aromatic carbocycles. The zero-order valence-corrected chi connectivity index (χ0v) is 30.4. The van der Waals surface area contributed by atoms with Crippen LogP contribution >= 0.6 is 0 Å². The number of carbonyl (C=O) groups excluding carboxylic acids is 1. The standard InChI is InChI=1S/C36H62O15/c37-36(34-6-2-1-3-7-34)51-33-31-48-29-27-46-25-23-44-21-19-42-17-15-40-13-11-38-10-12-39-14-16-41-18-20-43-22-24-45-26-28-47-30-32-50-35-8-4-5-9-49-35/h1-3,6-7,35H,4-5,8-33H2. The van der Waals surface area contributed by atoms with E-state index in [1.54, 1.807) is 24.3 Å². The second-order valence-electron chi connectivity index (χ2n) is 10.9. The molecule has 51 heavy (non-hydrogen) atoms. The van der Waals surface area contributed by atoms with Gasteiger partial charge in [-0.15, -0.1) is 0 Å². The fourth-order valence-corrected chi connectivity index (χ4v) is 4.23. The lowest BCUT2D eigenvalue weighted by Gasteiger charge is -2.22. The number of benzene rings is 1. The summed E-state index contributed by atoms with van der Waals surface area (Å²) in [5.74, 6) is -0.357. The summed E-state index contributed by atoms with van der Waals surface area (Å²) in [6.45, 7) is 12.2. The van der Waals surface area contributed by atoms with E-state index in [0.29, 0.717) is 158 Å². The van der Waals surface area contributed by atoms with Gasteiger partial charge < -0.3 is 66.3 Å². The number of ether oxygens (including phenoxy) is 14. The molecule has 0 N–H and O–H groups in total. The Kier molecular flexibility index (Phi) is 32.5. The Hall–Kier alpha value is -1.83. The Morgan fingerprint density at radius 1 is 0.451 bits per heavy atom. The number of rotatable bonds is 38. The highest BCUT2D eigenvalue weighted by Gasteiger charge is 2.13. The lowest BCUT2D eigenvalue weighted by atomic mass is 10.2. The van der Waals surface area contributed by atoms with Gasteiger partial charge in [-0.3, -0.25) is 0 Å². The largest absolute Gasteiger partial charge is 0.460 e. The van der Waals surface area contributed by atoms with Gasteiger partial charge in [0.25, 0.3) is 0 Å². The van der Waals surface area contributed by atoms with Crippen LogP contribution in [0.4, 0.5) is 0 Å². The predicted molar refractivity (Wildman–Crippen MR) is 185 cm³/mol. The molecule has 0 aromatic heterocycles. The van der Waals surface area contributed by atoms with Crippen molar-refractivity contribution in [3.05, 3.63) is 35.9 Å². The van der Waals surface area contributed by atoms with Crippen LogP contribution in [-0.2, 0) is 66.3 Å². The van der Waals surface area contributed by atoms with E-state index >= 15 is 0 Å². The van der Waals surface area contributed by atoms with Crippen molar-refractivity contribution in [3.8, 4) is 0 Å². The quantitative estimate of drug-likeness (QED) is 0.0724. The first-order valence-electron chi connectivity index (χ1n) is 18.2. The summed E-state index contributed by atoms with van der Waals surface area (Å²) in [4.78, 5) is 11.8. The Labute approximate surface area is 303 Å². The summed E-state index contributed by atoms with van der Waals surface area (Å²) >= 11 is 0. The van der Waals surface area contributed by atoms with Gasteiger partial charge in [-0.2, -0.15) is 0 Å². The fraction of sp³-hybridized carbons (Fsp3) is 0.806. The Balaban J connectivity index is 1.13. The van der Waals surface area contributed by atoms with Gasteiger partial charge in [-0.05, 0) is 31.4 Å². The van der Waals surface area contributed by atoms with Gasteiger partial charge in [-0.25, -0.2) is 4.79 Å². The Morgan fingerprint density at radius 3 is 1.12 bits per heavy atom. The van der Waals surface area contributed by atoms with Crippen molar-refractivity contribution in [2.45, 2.75) is 25.6 Å². The van der Waals surface area contributed by atoms with E-state index in [1.165, 1.54) is 0 Å². The number of esters is 1. The van der Waals surface area contributed by atoms with Crippen molar-refractivity contribution in [2.24, 2.45) is 0 Å². The minimum atomic E-state index is -0.357. The van der Waals surface area contributed by atoms with E-state index in [9.17, 15) is 4.79 Å². The van der Waals surface area contributed by atoms with Crippen LogP contribution in [-0.4, -0.2) is 177 Å². The third-order valence-electron chi connectivity index (χ3n) is 6.86. The zero-order valence-electron chi connectivity index (χ0n) is 30.4.